The number of hydrogen-bond donors (Lipinski definition) is 0. The molecule has 0 spiro atoms. The lowest BCUT2D eigenvalue weighted by atomic mass is 9.75. The first kappa shape index (κ1) is 14.2. The minimum atomic E-state index is -0.244. The molecule has 2 aliphatic heterocycles. The third kappa shape index (κ3) is 3.02. The zero-order valence-electron chi connectivity index (χ0n) is 11.6. The van der Waals surface area contributed by atoms with E-state index in [2.05, 4.69) is 9.80 Å². The normalized spacial score (nSPS) is 40.0. The summed E-state index contributed by atoms with van der Waals surface area (Å²) < 4.78 is 25.9. The van der Waals surface area contributed by atoms with Crippen molar-refractivity contribution in [2.24, 2.45) is 11.8 Å². The van der Waals surface area contributed by atoms with E-state index in [4.69, 9.17) is 0 Å². The minimum absolute atomic E-state index is 0.0900. The summed E-state index contributed by atoms with van der Waals surface area (Å²) >= 11 is 0. The average molecular weight is 260 g/mol. The summed E-state index contributed by atoms with van der Waals surface area (Å²) in [6.07, 6.45) is 4.22. The summed E-state index contributed by atoms with van der Waals surface area (Å²) in [4.78, 5) is 4.27. The van der Waals surface area contributed by atoms with Crippen LogP contribution in [0, 0.1) is 11.8 Å². The molecule has 0 amide bonds. The van der Waals surface area contributed by atoms with Crippen molar-refractivity contribution in [2.75, 3.05) is 40.5 Å². The number of piperidine rings is 2. The molecule has 2 heterocycles. The molecule has 2 saturated heterocycles. The Morgan fingerprint density at radius 1 is 0.833 bits per heavy atom. The summed E-state index contributed by atoms with van der Waals surface area (Å²) in [6, 6.07) is 0.180. The van der Waals surface area contributed by atoms with Gasteiger partial charge in [0.1, 0.15) is 13.3 Å². The highest BCUT2D eigenvalue weighted by Crippen LogP contribution is 2.36. The number of alkyl halides is 2. The van der Waals surface area contributed by atoms with Gasteiger partial charge in [-0.2, -0.15) is 0 Å². The van der Waals surface area contributed by atoms with Crippen LogP contribution in [0.3, 0.4) is 0 Å². The molecule has 2 nitrogen and oxygen atoms in total. The molecule has 4 heteroatoms. The molecule has 2 rings (SSSR count). The lowest BCUT2D eigenvalue weighted by Crippen LogP contribution is -2.47. The zero-order chi connectivity index (χ0) is 13.1. The van der Waals surface area contributed by atoms with Gasteiger partial charge in [-0.3, -0.25) is 0 Å². The highest BCUT2D eigenvalue weighted by molar-refractivity contribution is 4.88. The van der Waals surface area contributed by atoms with Gasteiger partial charge in [-0.25, -0.2) is 8.78 Å². The molecule has 2 aliphatic rings. The van der Waals surface area contributed by atoms with Gasteiger partial charge in [0.2, 0.25) is 0 Å². The Morgan fingerprint density at radius 2 is 1.22 bits per heavy atom. The topological polar surface area (TPSA) is 6.48 Å². The van der Waals surface area contributed by atoms with Crippen LogP contribution in [0.2, 0.25) is 0 Å². The van der Waals surface area contributed by atoms with Gasteiger partial charge in [0.05, 0.1) is 0 Å². The first-order valence-corrected chi connectivity index (χ1v) is 7.18. The molecule has 2 fully saturated rings. The Hall–Kier alpha value is -0.220. The van der Waals surface area contributed by atoms with E-state index in [-0.39, 0.29) is 25.4 Å². The lowest BCUT2D eigenvalue weighted by molar-refractivity contribution is 0.0428. The molecule has 0 aliphatic carbocycles. The molecule has 0 aromatic heterocycles. The van der Waals surface area contributed by atoms with Crippen LogP contribution in [-0.4, -0.2) is 62.4 Å². The summed E-state index contributed by atoms with van der Waals surface area (Å²) in [5, 5.41) is 0. The van der Waals surface area contributed by atoms with Crippen LogP contribution in [0.1, 0.15) is 25.7 Å². The van der Waals surface area contributed by atoms with E-state index in [1.807, 2.05) is 14.1 Å². The Kier molecular flexibility index (Phi) is 4.96. The lowest BCUT2D eigenvalue weighted by Gasteiger charge is -2.43. The SMILES string of the molecule is CN1CCC(C2CCN(C)[C@@H](CF)C2)CC1CF. The summed E-state index contributed by atoms with van der Waals surface area (Å²) in [5.74, 6) is 1.20. The molecule has 0 bridgehead atoms. The van der Waals surface area contributed by atoms with Crippen molar-refractivity contribution in [1.82, 2.24) is 9.80 Å². The molecule has 0 radical (unpaired) electrons. The molecule has 0 saturated carbocycles. The third-order valence-corrected chi connectivity index (χ3v) is 5.12. The predicted molar refractivity (Wildman–Crippen MR) is 70.2 cm³/mol. The van der Waals surface area contributed by atoms with Crippen LogP contribution in [0.5, 0.6) is 0 Å². The molecular weight excluding hydrogens is 234 g/mol. The fourth-order valence-corrected chi connectivity index (χ4v) is 3.62. The van der Waals surface area contributed by atoms with Crippen LogP contribution in [0.4, 0.5) is 8.78 Å². The minimum Gasteiger partial charge on any atom is -0.301 e. The van der Waals surface area contributed by atoms with Gasteiger partial charge >= 0.3 is 0 Å². The molecule has 0 aromatic rings. The van der Waals surface area contributed by atoms with E-state index in [0.717, 1.165) is 38.8 Å². The van der Waals surface area contributed by atoms with Crippen molar-refractivity contribution in [2.45, 2.75) is 37.8 Å². The van der Waals surface area contributed by atoms with Gasteiger partial charge in [-0.05, 0) is 64.7 Å². The van der Waals surface area contributed by atoms with E-state index in [1.54, 1.807) is 0 Å². The van der Waals surface area contributed by atoms with E-state index in [1.165, 1.54) is 0 Å². The summed E-state index contributed by atoms with van der Waals surface area (Å²) in [7, 11) is 4.03. The maximum absolute atomic E-state index is 13.0. The van der Waals surface area contributed by atoms with Crippen molar-refractivity contribution in [1.29, 1.82) is 0 Å². The third-order valence-electron chi connectivity index (χ3n) is 5.12. The fraction of sp³-hybridized carbons (Fsp3) is 1.00. The number of likely N-dealkylation sites (tertiary alicyclic amines) is 2. The number of hydrogen-bond acceptors (Lipinski definition) is 2. The van der Waals surface area contributed by atoms with Crippen molar-refractivity contribution >= 4 is 0 Å². The monoisotopic (exact) mass is 260 g/mol. The van der Waals surface area contributed by atoms with Crippen molar-refractivity contribution < 1.29 is 8.78 Å². The highest BCUT2D eigenvalue weighted by atomic mass is 19.1. The van der Waals surface area contributed by atoms with E-state index >= 15 is 0 Å². The van der Waals surface area contributed by atoms with Gasteiger partial charge in [0, 0.05) is 12.1 Å². The van der Waals surface area contributed by atoms with E-state index < -0.39 is 0 Å². The highest BCUT2D eigenvalue weighted by Gasteiger charge is 2.35. The van der Waals surface area contributed by atoms with Gasteiger partial charge < -0.3 is 9.80 Å². The smallest absolute Gasteiger partial charge is 0.105 e. The summed E-state index contributed by atoms with van der Waals surface area (Å²) in [5.41, 5.74) is 0. The molecule has 3 unspecified atom stereocenters. The maximum Gasteiger partial charge on any atom is 0.105 e. The fourth-order valence-electron chi connectivity index (χ4n) is 3.62. The second-order valence-corrected chi connectivity index (χ2v) is 6.15. The average Bonchev–Trinajstić information content (AvgIpc) is 2.40. The molecule has 4 atom stereocenters. The largest absolute Gasteiger partial charge is 0.301 e. The quantitative estimate of drug-likeness (QED) is 0.768. The second-order valence-electron chi connectivity index (χ2n) is 6.15. The summed E-state index contributed by atoms with van der Waals surface area (Å²) in [6.45, 7) is 1.50. The number of rotatable bonds is 3. The van der Waals surface area contributed by atoms with Crippen LogP contribution in [0.15, 0.2) is 0 Å². The van der Waals surface area contributed by atoms with Crippen LogP contribution >= 0.6 is 0 Å². The van der Waals surface area contributed by atoms with Crippen molar-refractivity contribution in [3.63, 3.8) is 0 Å². The predicted octanol–water partition coefficient (Wildman–Crippen LogP) is 2.35. The van der Waals surface area contributed by atoms with Gasteiger partial charge in [-0.1, -0.05) is 0 Å². The van der Waals surface area contributed by atoms with Crippen LogP contribution < -0.4 is 0 Å². The second kappa shape index (κ2) is 6.29. The van der Waals surface area contributed by atoms with Crippen LogP contribution in [-0.2, 0) is 0 Å². The maximum atomic E-state index is 13.0. The Balaban J connectivity index is 1.91. The van der Waals surface area contributed by atoms with E-state index in [0.29, 0.717) is 11.8 Å². The number of nitrogens with zero attached hydrogens (tertiary/aromatic N) is 2. The Bertz CT molecular complexity index is 236. The zero-order valence-corrected chi connectivity index (χ0v) is 11.6. The molecule has 0 N–H and O–H groups in total. The van der Waals surface area contributed by atoms with Gasteiger partial charge in [0.25, 0.3) is 0 Å². The van der Waals surface area contributed by atoms with Crippen molar-refractivity contribution in [3.05, 3.63) is 0 Å². The van der Waals surface area contributed by atoms with Crippen molar-refractivity contribution in [3.8, 4) is 0 Å². The molecule has 106 valence electrons. The first-order chi connectivity index (χ1) is 8.65. The van der Waals surface area contributed by atoms with Gasteiger partial charge in [0.15, 0.2) is 0 Å². The number of halogens is 2. The Labute approximate surface area is 109 Å². The van der Waals surface area contributed by atoms with Gasteiger partial charge in [-0.15, -0.1) is 0 Å². The Morgan fingerprint density at radius 3 is 1.56 bits per heavy atom. The molecule has 0 aromatic carbocycles. The molecular formula is C14H26F2N2. The standard InChI is InChI=1S/C14H26F2N2/c1-17-5-3-11(7-13(17)9-15)12-4-6-18(2)14(8-12)10-16/h11-14H,3-10H2,1-2H3/t11?,12?,13-,14?/m1/s1. The molecule has 18 heavy (non-hydrogen) atoms. The van der Waals surface area contributed by atoms with Crippen LogP contribution in [0.25, 0.3) is 0 Å². The first-order valence-electron chi connectivity index (χ1n) is 7.18. The van der Waals surface area contributed by atoms with E-state index in [9.17, 15) is 8.78 Å².